The zero-order chi connectivity index (χ0) is 19.1. The number of carboxylic acids is 3. The summed E-state index contributed by atoms with van der Waals surface area (Å²) in [5.41, 5.74) is -3.05. The predicted octanol–water partition coefficient (Wildman–Crippen LogP) is -2.15. The summed E-state index contributed by atoms with van der Waals surface area (Å²) in [7, 11) is 0. The number of carboxylic acid groups (broad SMARTS) is 3. The summed E-state index contributed by atoms with van der Waals surface area (Å²) in [5.74, 6) is -8.20. The number of amides is 1. The van der Waals surface area contributed by atoms with Gasteiger partial charge in [-0.05, 0) is 0 Å². The number of allylic oxidation sites excluding steroid dienone is 1. The van der Waals surface area contributed by atoms with Gasteiger partial charge in [-0.3, -0.25) is 0 Å². The van der Waals surface area contributed by atoms with E-state index < -0.39 is 98.3 Å². The van der Waals surface area contributed by atoms with Crippen LogP contribution in [0.15, 0.2) is 12.2 Å². The first kappa shape index (κ1) is 19.8. The molecule has 1 amide bonds. The van der Waals surface area contributed by atoms with Crippen molar-refractivity contribution in [3.05, 3.63) is 12.2 Å². The molecule has 0 spiro atoms. The van der Waals surface area contributed by atoms with Crippen LogP contribution in [-0.2, 0) is 24.0 Å². The molecule has 0 aromatic carbocycles. The van der Waals surface area contributed by atoms with Crippen LogP contribution < -0.4 is 5.32 Å². The van der Waals surface area contributed by atoms with Crippen molar-refractivity contribution in [1.82, 2.24) is 5.32 Å². The molecule has 0 aromatic heterocycles. The van der Waals surface area contributed by atoms with Crippen LogP contribution in [0.1, 0.15) is 14.2 Å². The van der Waals surface area contributed by atoms with Gasteiger partial charge in [0, 0.05) is 0 Å². The molecule has 0 aliphatic heterocycles. The average molecular weight is 544 g/mol. The fraction of sp³-hybridized carbons (Fsp3) is 0.417. The third kappa shape index (κ3) is 6.78. The normalized spacial score (nSPS) is 16.6. The maximum atomic E-state index is 12.1. The molecule has 0 saturated heterocycles. The van der Waals surface area contributed by atoms with Crippen LogP contribution in [0.25, 0.3) is 0 Å². The number of rotatable bonds is 10. The number of aldehydes is 1. The Balaban J connectivity index is 5.73. The first-order valence-electron chi connectivity index (χ1n) is 6.78. The summed E-state index contributed by atoms with van der Waals surface area (Å²) in [6.45, 7) is 0. The maximum absolute atomic E-state index is 12.1. The molecule has 10 nitrogen and oxygen atoms in total. The van der Waals surface area contributed by atoms with Crippen molar-refractivity contribution in [2.24, 2.45) is 5.92 Å². The van der Waals surface area contributed by atoms with Crippen molar-refractivity contribution >= 4 is 30.1 Å². The number of carbonyl (C=O) groups excluding carboxylic acids is 2. The zero-order valence-corrected chi connectivity index (χ0v) is 20.3. The van der Waals surface area contributed by atoms with Crippen LogP contribution >= 0.6 is 0 Å². The Morgan fingerprint density at radius 2 is 1.83 bits per heavy atom. The molecular weight excluding hydrogens is 528 g/mol. The average Bonchev–Trinajstić information content (AvgIpc) is 2.41. The van der Waals surface area contributed by atoms with E-state index in [9.17, 15) is 29.1 Å². The fourth-order valence-electron chi connectivity index (χ4n) is 1.63. The van der Waals surface area contributed by atoms with E-state index in [1.165, 1.54) is 0 Å². The molecule has 0 saturated carbocycles. The van der Waals surface area contributed by atoms with Crippen molar-refractivity contribution < 1.29 is 88.6 Å². The molecule has 3 atom stereocenters. The minimum atomic E-state index is -3.05. The first-order valence-corrected chi connectivity index (χ1v) is 11.0. The van der Waals surface area contributed by atoms with Crippen molar-refractivity contribution in [2.45, 2.75) is 19.5 Å². The van der Waals surface area contributed by atoms with Gasteiger partial charge in [0.05, 0.1) is 0 Å². The second-order valence-electron chi connectivity index (χ2n) is 4.62. The van der Waals surface area contributed by atoms with Gasteiger partial charge in [-0.1, -0.05) is 0 Å². The van der Waals surface area contributed by atoms with Gasteiger partial charge >= 0.3 is 162 Å². The zero-order valence-electron chi connectivity index (χ0n) is 13.1. The number of nitrogens with one attached hydrogen (secondary N) is 1. The molecule has 11 heteroatoms. The summed E-state index contributed by atoms with van der Waals surface area (Å²) >= 11 is -0.759. The van der Waals surface area contributed by atoms with Gasteiger partial charge in [-0.25, -0.2) is 0 Å². The van der Waals surface area contributed by atoms with E-state index in [1.807, 2.05) is 5.32 Å². The Morgan fingerprint density at radius 1 is 1.26 bits per heavy atom. The minimum absolute atomic E-state index is 0.499. The molecule has 5 N–H and O–H groups in total. The van der Waals surface area contributed by atoms with Crippen molar-refractivity contribution in [1.29, 1.82) is 0 Å². The van der Waals surface area contributed by atoms with E-state index in [-0.39, 0.29) is 0 Å². The Bertz CT molecular complexity index is 579. The van der Waals surface area contributed by atoms with Gasteiger partial charge in [0.25, 0.3) is 0 Å². The Morgan fingerprint density at radius 3 is 2.22 bits per heavy atom. The number of aliphatic carboxylic acids is 3. The quantitative estimate of drug-likeness (QED) is 0.152. The Hall–Kier alpha value is -1.28. The molecule has 0 rings (SSSR count). The van der Waals surface area contributed by atoms with Crippen LogP contribution in [-0.4, -0.2) is 57.2 Å². The van der Waals surface area contributed by atoms with Gasteiger partial charge in [0.15, 0.2) is 0 Å². The summed E-state index contributed by atoms with van der Waals surface area (Å²) < 4.78 is 5.51. The van der Waals surface area contributed by atoms with Gasteiger partial charge < -0.3 is 0 Å². The SMILES string of the molecule is [2H]C(=O)C/C=C/C(C(=O)N[CH]([RaH])C(=O)O)C(O)(CC(=O)O)C(=O)O. The topological polar surface area (TPSA) is 178 Å². The van der Waals surface area contributed by atoms with E-state index in [1.54, 1.807) is 0 Å². The van der Waals surface area contributed by atoms with Gasteiger partial charge in [0.2, 0.25) is 0 Å². The number of aliphatic hydroxyl groups is 1. The standard InChI is InChI=1S/C12H14NO9.Ra.H/c14-4-2-1-3-7(10(19)13-6-9(17)18)12(22,11(20)21)5-8(15)16;;/h1,3-4,6-7,22H,2,5H2,(H,13,19)(H,15,16)(H,17,18)(H,20,21);;/b3-1+;;/i4D;;. The van der Waals surface area contributed by atoms with Gasteiger partial charge in [-0.2, -0.15) is 0 Å². The predicted molar refractivity (Wildman–Crippen MR) is 69.1 cm³/mol. The van der Waals surface area contributed by atoms with Crippen LogP contribution in [0.4, 0.5) is 0 Å². The van der Waals surface area contributed by atoms with Crippen molar-refractivity contribution in [2.75, 3.05) is 0 Å². The molecule has 124 valence electrons. The summed E-state index contributed by atoms with van der Waals surface area (Å²) in [6.07, 6.45) is -1.16. The van der Waals surface area contributed by atoms with Crippen LogP contribution in [0.2, 0.25) is 0 Å². The number of carbonyl (C=O) groups is 5. The van der Waals surface area contributed by atoms with E-state index in [0.717, 1.165) is 12.2 Å². The van der Waals surface area contributed by atoms with E-state index in [4.69, 9.17) is 16.7 Å². The molecule has 0 bridgehead atoms. The summed E-state index contributed by atoms with van der Waals surface area (Å²) in [4.78, 5) is 55.6. The molecule has 0 heterocycles. The molecule has 0 aliphatic rings. The van der Waals surface area contributed by atoms with Crippen LogP contribution in [0, 0.1) is 48.7 Å². The molecule has 0 aliphatic carbocycles. The fourth-order valence-corrected chi connectivity index (χ4v) is 2.80. The second-order valence-corrected chi connectivity index (χ2v) is 9.37. The Labute approximate surface area is 160 Å². The van der Waals surface area contributed by atoms with Crippen molar-refractivity contribution in [3.63, 3.8) is 0 Å². The van der Waals surface area contributed by atoms with E-state index in [0.29, 0.717) is 0 Å². The third-order valence-corrected chi connectivity index (χ3v) is 6.06. The Kier molecular flexibility index (Phi) is 8.39. The van der Waals surface area contributed by atoms with E-state index in [2.05, 4.69) is 0 Å². The molecule has 23 heavy (non-hydrogen) atoms. The monoisotopic (exact) mass is 544 g/mol. The first-order chi connectivity index (χ1) is 10.9. The number of hydrogen-bond acceptors (Lipinski definition) is 6. The third-order valence-electron chi connectivity index (χ3n) is 2.85. The van der Waals surface area contributed by atoms with Crippen molar-refractivity contribution in [3.8, 4) is 0 Å². The van der Waals surface area contributed by atoms with Crippen LogP contribution in [0.3, 0.4) is 0 Å². The van der Waals surface area contributed by atoms with Crippen LogP contribution in [0.5, 0.6) is 0 Å². The molecular formula is C12H15NO9Ra. The molecule has 0 radical (unpaired) electrons. The number of hydrogen-bond donors (Lipinski definition) is 5. The summed E-state index contributed by atoms with van der Waals surface area (Å²) in [6, 6.07) is 0. The molecule has 0 fully saturated rings. The van der Waals surface area contributed by atoms with E-state index >= 15 is 0 Å². The molecule has 3 unspecified atom stereocenters. The molecule has 0 aromatic rings. The second kappa shape index (κ2) is 9.77. The van der Waals surface area contributed by atoms with Gasteiger partial charge in [-0.15, -0.1) is 0 Å². The summed E-state index contributed by atoms with van der Waals surface area (Å²) in [5, 5.41) is 38.9. The van der Waals surface area contributed by atoms with Gasteiger partial charge in [0.1, 0.15) is 0 Å².